The molecule has 2 bridgehead atoms. The van der Waals surface area contributed by atoms with E-state index in [1.165, 1.54) is 31.4 Å². The van der Waals surface area contributed by atoms with Gasteiger partial charge in [0.15, 0.2) is 0 Å². The van der Waals surface area contributed by atoms with Gasteiger partial charge in [-0.3, -0.25) is 4.90 Å². The van der Waals surface area contributed by atoms with E-state index in [9.17, 15) is 0 Å². The van der Waals surface area contributed by atoms with E-state index in [0.717, 1.165) is 37.4 Å². The van der Waals surface area contributed by atoms with Crippen molar-refractivity contribution >= 4 is 0 Å². The molecule has 3 nitrogen and oxygen atoms in total. The standard InChI is InChI=1S/C18H28N2O/c1-3-19-18(13-20-12-14-5-8-16(20)11-14)15-6-9-17(10-7-15)21-4-2/h6-7,9-10,14,16,18-19H,3-5,8,11-13H2,1-2H3. The molecule has 1 aromatic rings. The summed E-state index contributed by atoms with van der Waals surface area (Å²) in [5, 5.41) is 3.65. The lowest BCUT2D eigenvalue weighted by Gasteiger charge is -2.31. The highest BCUT2D eigenvalue weighted by Crippen LogP contribution is 2.38. The minimum absolute atomic E-state index is 0.435. The summed E-state index contributed by atoms with van der Waals surface area (Å²) >= 11 is 0. The van der Waals surface area contributed by atoms with Gasteiger partial charge in [0.05, 0.1) is 6.61 Å². The molecule has 1 N–H and O–H groups in total. The summed E-state index contributed by atoms with van der Waals surface area (Å²) in [6, 6.07) is 9.90. The molecular formula is C18H28N2O. The van der Waals surface area contributed by atoms with E-state index < -0.39 is 0 Å². The second-order valence-corrected chi connectivity index (χ2v) is 6.40. The molecule has 116 valence electrons. The van der Waals surface area contributed by atoms with E-state index in [4.69, 9.17) is 4.74 Å². The van der Waals surface area contributed by atoms with E-state index in [1.54, 1.807) is 0 Å². The van der Waals surface area contributed by atoms with Gasteiger partial charge in [0, 0.05) is 25.2 Å². The molecule has 1 heterocycles. The molecule has 0 amide bonds. The van der Waals surface area contributed by atoms with Crippen LogP contribution in [0.15, 0.2) is 24.3 Å². The van der Waals surface area contributed by atoms with Gasteiger partial charge in [0.25, 0.3) is 0 Å². The van der Waals surface area contributed by atoms with Crippen LogP contribution >= 0.6 is 0 Å². The van der Waals surface area contributed by atoms with Crippen molar-refractivity contribution in [3.8, 4) is 5.75 Å². The first-order valence-electron chi connectivity index (χ1n) is 8.50. The molecule has 21 heavy (non-hydrogen) atoms. The molecule has 1 saturated carbocycles. The summed E-state index contributed by atoms with van der Waals surface area (Å²) in [6.45, 7) is 8.41. The monoisotopic (exact) mass is 288 g/mol. The lowest BCUT2D eigenvalue weighted by molar-refractivity contribution is 0.192. The molecule has 1 aromatic carbocycles. The number of likely N-dealkylation sites (N-methyl/N-ethyl adjacent to an activating group) is 1. The fourth-order valence-electron chi connectivity index (χ4n) is 3.98. The van der Waals surface area contributed by atoms with Crippen molar-refractivity contribution in [2.75, 3.05) is 26.2 Å². The molecule has 3 atom stereocenters. The van der Waals surface area contributed by atoms with Crippen LogP contribution < -0.4 is 10.1 Å². The fraction of sp³-hybridized carbons (Fsp3) is 0.667. The van der Waals surface area contributed by atoms with Gasteiger partial charge in [-0.1, -0.05) is 19.1 Å². The highest BCUT2D eigenvalue weighted by atomic mass is 16.5. The number of piperidine rings is 1. The number of fused-ring (bicyclic) bond motifs is 2. The first kappa shape index (κ1) is 14.9. The molecule has 2 fully saturated rings. The fourth-order valence-corrected chi connectivity index (χ4v) is 3.98. The largest absolute Gasteiger partial charge is 0.494 e. The number of likely N-dealkylation sites (tertiary alicyclic amines) is 1. The number of hydrogen-bond acceptors (Lipinski definition) is 3. The first-order chi connectivity index (χ1) is 10.3. The molecule has 0 radical (unpaired) electrons. The van der Waals surface area contributed by atoms with Crippen LogP contribution in [0.2, 0.25) is 0 Å². The topological polar surface area (TPSA) is 24.5 Å². The van der Waals surface area contributed by atoms with Crippen molar-refractivity contribution in [2.24, 2.45) is 5.92 Å². The third-order valence-electron chi connectivity index (χ3n) is 4.98. The molecule has 3 heteroatoms. The number of nitrogens with zero attached hydrogens (tertiary/aromatic N) is 1. The van der Waals surface area contributed by atoms with Crippen molar-refractivity contribution in [3.05, 3.63) is 29.8 Å². The molecule has 0 spiro atoms. The Labute approximate surface area is 128 Å². The first-order valence-corrected chi connectivity index (χ1v) is 8.50. The lowest BCUT2D eigenvalue weighted by atomic mass is 10.0. The second-order valence-electron chi connectivity index (χ2n) is 6.40. The van der Waals surface area contributed by atoms with Crippen molar-refractivity contribution in [3.63, 3.8) is 0 Å². The Morgan fingerprint density at radius 3 is 2.62 bits per heavy atom. The average Bonchev–Trinajstić information content (AvgIpc) is 3.11. The zero-order valence-electron chi connectivity index (χ0n) is 13.3. The molecule has 3 unspecified atom stereocenters. The normalized spacial score (nSPS) is 26.2. The average molecular weight is 288 g/mol. The summed E-state index contributed by atoms with van der Waals surface area (Å²) in [5.74, 6) is 1.94. The van der Waals surface area contributed by atoms with Gasteiger partial charge in [-0.25, -0.2) is 0 Å². The van der Waals surface area contributed by atoms with Crippen LogP contribution in [0.4, 0.5) is 0 Å². The molecule has 2 aliphatic rings. The van der Waals surface area contributed by atoms with Crippen LogP contribution in [0.25, 0.3) is 0 Å². The quantitative estimate of drug-likeness (QED) is 0.834. The van der Waals surface area contributed by atoms with Crippen molar-refractivity contribution < 1.29 is 4.74 Å². The molecule has 1 saturated heterocycles. The molecule has 1 aliphatic heterocycles. The van der Waals surface area contributed by atoms with E-state index in [0.29, 0.717) is 6.04 Å². The maximum atomic E-state index is 5.54. The van der Waals surface area contributed by atoms with Crippen molar-refractivity contribution in [1.82, 2.24) is 10.2 Å². The third-order valence-corrected chi connectivity index (χ3v) is 4.98. The number of ether oxygens (including phenoxy) is 1. The van der Waals surface area contributed by atoms with Crippen LogP contribution in [0.3, 0.4) is 0 Å². The maximum Gasteiger partial charge on any atom is 0.119 e. The Hall–Kier alpha value is -1.06. The summed E-state index contributed by atoms with van der Waals surface area (Å²) in [6.07, 6.45) is 4.30. The number of nitrogens with one attached hydrogen (secondary N) is 1. The molecule has 1 aliphatic carbocycles. The van der Waals surface area contributed by atoms with Gasteiger partial charge in [-0.15, -0.1) is 0 Å². The number of rotatable bonds is 7. The minimum Gasteiger partial charge on any atom is -0.494 e. The van der Waals surface area contributed by atoms with Crippen LogP contribution in [-0.4, -0.2) is 37.2 Å². The van der Waals surface area contributed by atoms with Crippen LogP contribution in [0, 0.1) is 5.92 Å². The lowest BCUT2D eigenvalue weighted by Crippen LogP contribution is -2.39. The van der Waals surface area contributed by atoms with Crippen LogP contribution in [-0.2, 0) is 0 Å². The Kier molecular flexibility index (Phi) is 4.81. The minimum atomic E-state index is 0.435. The predicted octanol–water partition coefficient (Wildman–Crippen LogP) is 3.22. The maximum absolute atomic E-state index is 5.54. The van der Waals surface area contributed by atoms with Gasteiger partial charge < -0.3 is 10.1 Å². The second kappa shape index (κ2) is 6.80. The van der Waals surface area contributed by atoms with Gasteiger partial charge in [0.2, 0.25) is 0 Å². The van der Waals surface area contributed by atoms with E-state index in [-0.39, 0.29) is 0 Å². The highest BCUT2D eigenvalue weighted by molar-refractivity contribution is 5.29. The highest BCUT2D eigenvalue weighted by Gasteiger charge is 2.38. The smallest absolute Gasteiger partial charge is 0.119 e. The van der Waals surface area contributed by atoms with Crippen molar-refractivity contribution in [1.29, 1.82) is 0 Å². The SMILES string of the molecule is CCNC(CN1CC2CCC1C2)c1ccc(OCC)cc1. The molecule has 0 aromatic heterocycles. The zero-order chi connectivity index (χ0) is 14.7. The Balaban J connectivity index is 1.65. The summed E-state index contributed by atoms with van der Waals surface area (Å²) in [5.41, 5.74) is 1.38. The van der Waals surface area contributed by atoms with Crippen LogP contribution in [0.5, 0.6) is 5.75 Å². The summed E-state index contributed by atoms with van der Waals surface area (Å²) in [4.78, 5) is 2.71. The zero-order valence-corrected chi connectivity index (χ0v) is 13.3. The van der Waals surface area contributed by atoms with Gasteiger partial charge >= 0.3 is 0 Å². The summed E-state index contributed by atoms with van der Waals surface area (Å²) in [7, 11) is 0. The van der Waals surface area contributed by atoms with Crippen molar-refractivity contribution in [2.45, 2.75) is 45.2 Å². The van der Waals surface area contributed by atoms with Crippen LogP contribution in [0.1, 0.15) is 44.7 Å². The Morgan fingerprint density at radius 2 is 2.05 bits per heavy atom. The van der Waals surface area contributed by atoms with Gasteiger partial charge in [-0.05, 0) is 56.3 Å². The Morgan fingerprint density at radius 1 is 1.24 bits per heavy atom. The number of hydrogen-bond donors (Lipinski definition) is 1. The van der Waals surface area contributed by atoms with E-state index in [2.05, 4.69) is 41.4 Å². The number of benzene rings is 1. The molecule has 3 rings (SSSR count). The third kappa shape index (κ3) is 3.41. The van der Waals surface area contributed by atoms with E-state index >= 15 is 0 Å². The Bertz CT molecular complexity index is 445. The van der Waals surface area contributed by atoms with E-state index in [1.807, 2.05) is 6.92 Å². The van der Waals surface area contributed by atoms with Gasteiger partial charge in [0.1, 0.15) is 5.75 Å². The summed E-state index contributed by atoms with van der Waals surface area (Å²) < 4.78 is 5.54. The molecular weight excluding hydrogens is 260 g/mol. The van der Waals surface area contributed by atoms with Gasteiger partial charge in [-0.2, -0.15) is 0 Å². The predicted molar refractivity (Wildman–Crippen MR) is 86.7 cm³/mol.